The fourth-order valence-corrected chi connectivity index (χ4v) is 1.79. The van der Waals surface area contributed by atoms with Crippen molar-refractivity contribution in [3.8, 4) is 0 Å². The predicted molar refractivity (Wildman–Crippen MR) is 47.8 cm³/mol. The van der Waals surface area contributed by atoms with Crippen molar-refractivity contribution in [1.82, 2.24) is 4.98 Å². The second kappa shape index (κ2) is 3.80. The molecule has 0 bridgehead atoms. The van der Waals surface area contributed by atoms with Crippen molar-refractivity contribution in [3.05, 3.63) is 29.6 Å². The van der Waals surface area contributed by atoms with E-state index in [2.05, 4.69) is 4.98 Å². The highest BCUT2D eigenvalue weighted by Gasteiger charge is 2.34. The Morgan fingerprint density at radius 2 is 2.00 bits per heavy atom. The van der Waals surface area contributed by atoms with Crippen molar-refractivity contribution in [2.24, 2.45) is 0 Å². The van der Waals surface area contributed by atoms with Gasteiger partial charge in [0, 0.05) is 12.5 Å². The molecule has 0 aliphatic heterocycles. The van der Waals surface area contributed by atoms with Gasteiger partial charge in [0.25, 0.3) is 0 Å². The summed E-state index contributed by atoms with van der Waals surface area (Å²) in [6.07, 6.45) is -2.58. The van der Waals surface area contributed by atoms with E-state index in [0.717, 1.165) is 24.6 Å². The molecule has 7 heteroatoms. The highest BCUT2D eigenvalue weighted by molar-refractivity contribution is 7.89. The summed E-state index contributed by atoms with van der Waals surface area (Å²) in [5.74, 6) is -0.706. The van der Waals surface area contributed by atoms with Crippen molar-refractivity contribution in [1.29, 1.82) is 0 Å². The zero-order chi connectivity index (χ0) is 11.7. The average Bonchev–Trinajstić information content (AvgIpc) is 1.99. The molecule has 0 radical (unpaired) electrons. The standard InChI is InChI=1S/C8H8F3NO2S/c1-15(13,14)5-7-6(8(9,10)11)3-2-4-12-7/h2-4H,5H2,1H3. The van der Waals surface area contributed by atoms with Crippen LogP contribution >= 0.6 is 0 Å². The fourth-order valence-electron chi connectivity index (χ4n) is 1.06. The number of hydrogen-bond donors (Lipinski definition) is 0. The van der Waals surface area contributed by atoms with Crippen LogP contribution in [0, 0.1) is 0 Å². The Hall–Kier alpha value is -1.11. The van der Waals surface area contributed by atoms with Gasteiger partial charge in [-0.3, -0.25) is 4.98 Å². The summed E-state index contributed by atoms with van der Waals surface area (Å²) in [6, 6.07) is 1.93. The zero-order valence-electron chi connectivity index (χ0n) is 7.75. The first-order chi connectivity index (χ1) is 6.70. The SMILES string of the molecule is CS(=O)(=O)Cc1ncccc1C(F)(F)F. The molecule has 0 fully saturated rings. The molecule has 0 aliphatic rings. The van der Waals surface area contributed by atoms with Gasteiger partial charge in [0.05, 0.1) is 17.0 Å². The third kappa shape index (κ3) is 3.50. The maximum Gasteiger partial charge on any atom is 0.418 e. The molecule has 0 unspecified atom stereocenters. The molecule has 1 heterocycles. The largest absolute Gasteiger partial charge is 0.418 e. The van der Waals surface area contributed by atoms with Gasteiger partial charge < -0.3 is 0 Å². The first-order valence-electron chi connectivity index (χ1n) is 3.89. The van der Waals surface area contributed by atoms with Gasteiger partial charge in [0.1, 0.15) is 0 Å². The Labute approximate surface area is 84.9 Å². The van der Waals surface area contributed by atoms with Crippen LogP contribution in [0.25, 0.3) is 0 Å². The van der Waals surface area contributed by atoms with Crippen LogP contribution in [0.5, 0.6) is 0 Å². The third-order valence-electron chi connectivity index (χ3n) is 1.59. The second-order valence-electron chi connectivity index (χ2n) is 3.07. The Morgan fingerprint density at radius 3 is 2.47 bits per heavy atom. The van der Waals surface area contributed by atoms with Crippen molar-refractivity contribution in [3.63, 3.8) is 0 Å². The van der Waals surface area contributed by atoms with Gasteiger partial charge in [-0.15, -0.1) is 0 Å². The van der Waals surface area contributed by atoms with Gasteiger partial charge in [0.2, 0.25) is 0 Å². The molecule has 0 atom stereocenters. The molecule has 0 aliphatic carbocycles. The number of nitrogens with zero attached hydrogens (tertiary/aromatic N) is 1. The maximum absolute atomic E-state index is 12.4. The van der Waals surface area contributed by atoms with E-state index in [-0.39, 0.29) is 0 Å². The average molecular weight is 239 g/mol. The Balaban J connectivity index is 3.19. The quantitative estimate of drug-likeness (QED) is 0.788. The number of pyridine rings is 1. The van der Waals surface area contributed by atoms with Gasteiger partial charge in [-0.25, -0.2) is 8.42 Å². The minimum Gasteiger partial charge on any atom is -0.260 e. The first kappa shape index (κ1) is 12.0. The van der Waals surface area contributed by atoms with E-state index in [0.29, 0.717) is 0 Å². The molecule has 3 nitrogen and oxygen atoms in total. The van der Waals surface area contributed by atoms with Crippen molar-refractivity contribution >= 4 is 9.84 Å². The van der Waals surface area contributed by atoms with Gasteiger partial charge in [-0.1, -0.05) is 0 Å². The van der Waals surface area contributed by atoms with Crippen LogP contribution in [-0.2, 0) is 21.8 Å². The normalized spacial score (nSPS) is 12.8. The zero-order valence-corrected chi connectivity index (χ0v) is 8.56. The van der Waals surface area contributed by atoms with Gasteiger partial charge in [-0.2, -0.15) is 13.2 Å². The molecule has 0 saturated heterocycles. The molecule has 1 rings (SSSR count). The summed E-state index contributed by atoms with van der Waals surface area (Å²) in [7, 11) is -3.52. The van der Waals surface area contributed by atoms with Crippen molar-refractivity contribution < 1.29 is 21.6 Å². The van der Waals surface area contributed by atoms with Crippen LogP contribution in [0.2, 0.25) is 0 Å². The Morgan fingerprint density at radius 1 is 1.40 bits per heavy atom. The molecule has 1 aromatic heterocycles. The number of sulfone groups is 1. The molecule has 84 valence electrons. The summed E-state index contributed by atoms with van der Waals surface area (Å²) >= 11 is 0. The number of hydrogen-bond acceptors (Lipinski definition) is 3. The molecular formula is C8H8F3NO2S. The maximum atomic E-state index is 12.4. The molecule has 0 saturated carbocycles. The van der Waals surface area contributed by atoms with E-state index in [1.807, 2.05) is 0 Å². The number of aromatic nitrogens is 1. The predicted octanol–water partition coefficient (Wildman–Crippen LogP) is 1.65. The minimum absolute atomic E-state index is 0.465. The fraction of sp³-hybridized carbons (Fsp3) is 0.375. The molecule has 0 spiro atoms. The van der Waals surface area contributed by atoms with Gasteiger partial charge in [0.15, 0.2) is 9.84 Å². The summed E-state index contributed by atoms with van der Waals surface area (Å²) in [5.41, 5.74) is -1.47. The van der Waals surface area contributed by atoms with Crippen molar-refractivity contribution in [2.75, 3.05) is 6.26 Å². The molecule has 15 heavy (non-hydrogen) atoms. The summed E-state index contributed by atoms with van der Waals surface area (Å²) in [6.45, 7) is 0. The van der Waals surface area contributed by atoms with E-state index in [1.54, 1.807) is 0 Å². The number of rotatable bonds is 2. The van der Waals surface area contributed by atoms with Gasteiger partial charge in [-0.05, 0) is 12.1 Å². The molecule has 0 aromatic carbocycles. The number of halogens is 3. The molecule has 1 aromatic rings. The Kier molecular flexibility index (Phi) is 3.03. The highest BCUT2D eigenvalue weighted by Crippen LogP contribution is 2.31. The smallest absolute Gasteiger partial charge is 0.260 e. The monoisotopic (exact) mass is 239 g/mol. The summed E-state index contributed by atoms with van der Waals surface area (Å²) in [5, 5.41) is 0. The Bertz CT molecular complexity index is 453. The van der Waals surface area contributed by atoms with E-state index in [1.165, 1.54) is 0 Å². The minimum atomic E-state index is -4.58. The van der Waals surface area contributed by atoms with Crippen LogP contribution < -0.4 is 0 Å². The van der Waals surface area contributed by atoms with Crippen LogP contribution in [0.1, 0.15) is 11.3 Å². The van der Waals surface area contributed by atoms with E-state index in [4.69, 9.17) is 0 Å². The third-order valence-corrected chi connectivity index (χ3v) is 2.39. The van der Waals surface area contributed by atoms with E-state index < -0.39 is 33.0 Å². The molecular weight excluding hydrogens is 231 g/mol. The highest BCUT2D eigenvalue weighted by atomic mass is 32.2. The summed E-state index contributed by atoms with van der Waals surface area (Å²) in [4.78, 5) is 3.43. The second-order valence-corrected chi connectivity index (χ2v) is 5.21. The van der Waals surface area contributed by atoms with Crippen LogP contribution in [0.4, 0.5) is 13.2 Å². The van der Waals surface area contributed by atoms with Crippen molar-refractivity contribution in [2.45, 2.75) is 11.9 Å². The van der Waals surface area contributed by atoms with Crippen LogP contribution in [0.15, 0.2) is 18.3 Å². The lowest BCUT2D eigenvalue weighted by Gasteiger charge is -2.10. The topological polar surface area (TPSA) is 47.0 Å². The lowest BCUT2D eigenvalue weighted by atomic mass is 10.2. The van der Waals surface area contributed by atoms with Crippen LogP contribution in [0.3, 0.4) is 0 Å². The van der Waals surface area contributed by atoms with Crippen LogP contribution in [-0.4, -0.2) is 19.7 Å². The first-order valence-corrected chi connectivity index (χ1v) is 5.95. The lowest BCUT2D eigenvalue weighted by Crippen LogP contribution is -2.13. The summed E-state index contributed by atoms with van der Waals surface area (Å²) < 4.78 is 58.9. The molecule has 0 N–H and O–H groups in total. The van der Waals surface area contributed by atoms with E-state index >= 15 is 0 Å². The molecule has 0 amide bonds. The van der Waals surface area contributed by atoms with E-state index in [9.17, 15) is 21.6 Å². The lowest BCUT2D eigenvalue weighted by molar-refractivity contribution is -0.138. The number of alkyl halides is 3. The van der Waals surface area contributed by atoms with Gasteiger partial charge >= 0.3 is 6.18 Å².